The Balaban J connectivity index is 2.24. The zero-order chi connectivity index (χ0) is 14.7. The van der Waals surface area contributed by atoms with Crippen LogP contribution in [-0.4, -0.2) is 29.6 Å². The van der Waals surface area contributed by atoms with Gasteiger partial charge in [0.25, 0.3) is 0 Å². The molecule has 0 fully saturated rings. The van der Waals surface area contributed by atoms with E-state index in [1.165, 1.54) is 12.4 Å². The number of hydrogen-bond donors (Lipinski definition) is 2. The van der Waals surface area contributed by atoms with E-state index in [4.69, 9.17) is 19.9 Å². The minimum Gasteiger partial charge on any atom is -0.454 e. The van der Waals surface area contributed by atoms with E-state index >= 15 is 0 Å². The van der Waals surface area contributed by atoms with Gasteiger partial charge in [-0.3, -0.25) is 0 Å². The second kappa shape index (κ2) is 5.54. The summed E-state index contributed by atoms with van der Waals surface area (Å²) < 4.78 is 10.8. The fourth-order valence-corrected chi connectivity index (χ4v) is 2.33. The third kappa shape index (κ3) is 2.27. The Bertz CT molecular complexity index is 726. The standard InChI is InChI=1S/C15H12N2O4/c18-16-7-10-3-1-2-4-11(10)12-5-6-14-15(21-9-20-14)13(12)8-17-19/h1-8,18-19H,9H2/b16-7-,17-8-. The number of benzene rings is 2. The quantitative estimate of drug-likeness (QED) is 0.515. The smallest absolute Gasteiger partial charge is 0.231 e. The van der Waals surface area contributed by atoms with Crippen LogP contribution in [0.3, 0.4) is 0 Å². The van der Waals surface area contributed by atoms with E-state index in [2.05, 4.69) is 10.3 Å². The molecule has 6 heteroatoms. The Morgan fingerprint density at radius 1 is 0.905 bits per heavy atom. The van der Waals surface area contributed by atoms with Crippen molar-refractivity contribution >= 4 is 12.4 Å². The molecule has 1 aliphatic heterocycles. The van der Waals surface area contributed by atoms with E-state index in [-0.39, 0.29) is 6.79 Å². The molecule has 2 aromatic rings. The Morgan fingerprint density at radius 3 is 2.52 bits per heavy atom. The highest BCUT2D eigenvalue weighted by Gasteiger charge is 2.21. The first-order valence-corrected chi connectivity index (χ1v) is 6.22. The van der Waals surface area contributed by atoms with Gasteiger partial charge in [-0.2, -0.15) is 0 Å². The van der Waals surface area contributed by atoms with Crippen molar-refractivity contribution in [2.24, 2.45) is 10.3 Å². The number of oxime groups is 2. The lowest BCUT2D eigenvalue weighted by Crippen LogP contribution is -1.96. The lowest BCUT2D eigenvalue weighted by atomic mass is 9.95. The summed E-state index contributed by atoms with van der Waals surface area (Å²) in [6, 6.07) is 11.0. The van der Waals surface area contributed by atoms with Crippen molar-refractivity contribution in [2.45, 2.75) is 0 Å². The highest BCUT2D eigenvalue weighted by molar-refractivity contribution is 5.99. The summed E-state index contributed by atoms with van der Waals surface area (Å²) in [6.45, 7) is 0.130. The van der Waals surface area contributed by atoms with Gasteiger partial charge in [-0.1, -0.05) is 34.6 Å². The molecule has 0 aromatic heterocycles. The molecule has 2 aromatic carbocycles. The molecular weight excluding hydrogens is 272 g/mol. The van der Waals surface area contributed by atoms with Gasteiger partial charge in [-0.15, -0.1) is 0 Å². The van der Waals surface area contributed by atoms with Gasteiger partial charge in [0.15, 0.2) is 11.5 Å². The highest BCUT2D eigenvalue weighted by atomic mass is 16.7. The monoisotopic (exact) mass is 284 g/mol. The van der Waals surface area contributed by atoms with Crippen molar-refractivity contribution in [2.75, 3.05) is 6.79 Å². The predicted octanol–water partition coefficient (Wildman–Crippen LogP) is 2.70. The zero-order valence-electron chi connectivity index (χ0n) is 10.9. The van der Waals surface area contributed by atoms with E-state index in [9.17, 15) is 0 Å². The van der Waals surface area contributed by atoms with Crippen LogP contribution in [0.25, 0.3) is 11.1 Å². The van der Waals surface area contributed by atoms with Crippen molar-refractivity contribution in [1.29, 1.82) is 0 Å². The van der Waals surface area contributed by atoms with Crippen LogP contribution in [-0.2, 0) is 0 Å². The number of rotatable bonds is 3. The van der Waals surface area contributed by atoms with Crippen molar-refractivity contribution in [3.8, 4) is 22.6 Å². The molecule has 1 aliphatic rings. The van der Waals surface area contributed by atoms with Crippen molar-refractivity contribution in [3.63, 3.8) is 0 Å². The normalized spacial score (nSPS) is 13.3. The molecule has 0 saturated carbocycles. The molecule has 0 saturated heterocycles. The molecule has 0 atom stereocenters. The van der Waals surface area contributed by atoms with Crippen molar-refractivity contribution < 1.29 is 19.9 Å². The first-order chi connectivity index (χ1) is 10.3. The summed E-state index contributed by atoms with van der Waals surface area (Å²) in [7, 11) is 0. The van der Waals surface area contributed by atoms with Crippen LogP contribution in [0.4, 0.5) is 0 Å². The fraction of sp³-hybridized carbons (Fsp3) is 0.0667. The zero-order valence-corrected chi connectivity index (χ0v) is 10.9. The third-order valence-corrected chi connectivity index (χ3v) is 3.21. The molecule has 0 spiro atoms. The predicted molar refractivity (Wildman–Crippen MR) is 76.8 cm³/mol. The number of ether oxygens (including phenoxy) is 2. The third-order valence-electron chi connectivity index (χ3n) is 3.21. The first kappa shape index (κ1) is 13.0. The van der Waals surface area contributed by atoms with E-state index in [1.807, 2.05) is 30.3 Å². The van der Waals surface area contributed by atoms with Crippen LogP contribution in [0.5, 0.6) is 11.5 Å². The average Bonchev–Trinajstić information content (AvgIpc) is 2.98. The van der Waals surface area contributed by atoms with Gasteiger partial charge in [-0.05, 0) is 23.3 Å². The lowest BCUT2D eigenvalue weighted by molar-refractivity contribution is 0.174. The summed E-state index contributed by atoms with van der Waals surface area (Å²) in [5, 5.41) is 23.9. The molecule has 0 amide bonds. The minimum absolute atomic E-state index is 0.130. The Labute approximate surface area is 120 Å². The van der Waals surface area contributed by atoms with Crippen LogP contribution in [0.15, 0.2) is 46.7 Å². The molecule has 0 unspecified atom stereocenters. The Morgan fingerprint density at radius 2 is 1.71 bits per heavy atom. The molecule has 0 aliphatic carbocycles. The minimum atomic E-state index is 0.130. The van der Waals surface area contributed by atoms with Gasteiger partial charge in [0.05, 0.1) is 18.0 Å². The Kier molecular flexibility index (Phi) is 3.42. The maximum atomic E-state index is 8.90. The molecule has 0 bridgehead atoms. The maximum Gasteiger partial charge on any atom is 0.231 e. The van der Waals surface area contributed by atoms with Gasteiger partial charge < -0.3 is 19.9 Å². The number of hydrogen-bond acceptors (Lipinski definition) is 6. The van der Waals surface area contributed by atoms with Crippen LogP contribution in [0, 0.1) is 0 Å². The van der Waals surface area contributed by atoms with Crippen LogP contribution < -0.4 is 9.47 Å². The highest BCUT2D eigenvalue weighted by Crippen LogP contribution is 2.40. The molecule has 21 heavy (non-hydrogen) atoms. The Hall–Kier alpha value is -3.02. The number of nitrogens with zero attached hydrogens (tertiary/aromatic N) is 2. The summed E-state index contributed by atoms with van der Waals surface area (Å²) in [4.78, 5) is 0. The van der Waals surface area contributed by atoms with E-state index in [0.717, 1.165) is 16.7 Å². The maximum absolute atomic E-state index is 8.90. The van der Waals surface area contributed by atoms with E-state index < -0.39 is 0 Å². The van der Waals surface area contributed by atoms with Gasteiger partial charge in [0.2, 0.25) is 6.79 Å². The topological polar surface area (TPSA) is 83.6 Å². The summed E-state index contributed by atoms with van der Waals surface area (Å²) in [6.07, 6.45) is 2.65. The summed E-state index contributed by atoms with van der Waals surface area (Å²) >= 11 is 0. The molecule has 0 radical (unpaired) electrons. The van der Waals surface area contributed by atoms with Gasteiger partial charge in [-0.25, -0.2) is 0 Å². The molecule has 1 heterocycles. The average molecular weight is 284 g/mol. The number of fused-ring (bicyclic) bond motifs is 1. The summed E-state index contributed by atoms with van der Waals surface area (Å²) in [5.41, 5.74) is 2.94. The molecule has 2 N–H and O–H groups in total. The van der Waals surface area contributed by atoms with Crippen LogP contribution in [0.2, 0.25) is 0 Å². The second-order valence-electron chi connectivity index (χ2n) is 4.34. The van der Waals surface area contributed by atoms with Gasteiger partial charge in [0, 0.05) is 5.56 Å². The summed E-state index contributed by atoms with van der Waals surface area (Å²) in [5.74, 6) is 1.13. The molecular formula is C15H12N2O4. The fourth-order valence-electron chi connectivity index (χ4n) is 2.33. The van der Waals surface area contributed by atoms with E-state index in [0.29, 0.717) is 17.1 Å². The van der Waals surface area contributed by atoms with Crippen molar-refractivity contribution in [1.82, 2.24) is 0 Å². The van der Waals surface area contributed by atoms with Gasteiger partial charge >= 0.3 is 0 Å². The van der Waals surface area contributed by atoms with Gasteiger partial charge in [0.1, 0.15) is 0 Å². The van der Waals surface area contributed by atoms with Crippen LogP contribution in [0.1, 0.15) is 11.1 Å². The second-order valence-corrected chi connectivity index (χ2v) is 4.34. The van der Waals surface area contributed by atoms with Crippen LogP contribution >= 0.6 is 0 Å². The SMILES string of the molecule is O/N=C\c1ccccc1-c1ccc2c(c1/C=N\O)OCO2. The van der Waals surface area contributed by atoms with E-state index in [1.54, 1.807) is 6.07 Å². The largest absolute Gasteiger partial charge is 0.454 e. The molecule has 6 nitrogen and oxygen atoms in total. The van der Waals surface area contributed by atoms with Crippen molar-refractivity contribution in [3.05, 3.63) is 47.5 Å². The molecule has 3 rings (SSSR count). The molecule has 106 valence electrons. The first-order valence-electron chi connectivity index (χ1n) is 6.22. The lowest BCUT2D eigenvalue weighted by Gasteiger charge is -2.11.